The van der Waals surface area contributed by atoms with E-state index in [1.807, 2.05) is 31.2 Å². The quantitative estimate of drug-likeness (QED) is 0.707. The Balaban J connectivity index is 2.34. The second-order valence-electron chi connectivity index (χ2n) is 3.73. The number of benzene rings is 1. The Morgan fingerprint density at radius 1 is 1.38 bits per heavy atom. The minimum Gasteiger partial charge on any atom is -0.458 e. The van der Waals surface area contributed by atoms with Crippen LogP contribution in [0.4, 0.5) is 0 Å². The fourth-order valence-corrected chi connectivity index (χ4v) is 1.69. The van der Waals surface area contributed by atoms with Crippen LogP contribution in [0.3, 0.4) is 0 Å². The van der Waals surface area contributed by atoms with E-state index in [0.29, 0.717) is 5.57 Å². The molecule has 0 spiro atoms. The lowest BCUT2D eigenvalue weighted by atomic mass is 9.92. The van der Waals surface area contributed by atoms with E-state index in [-0.39, 0.29) is 12.6 Å². The third-order valence-electron chi connectivity index (χ3n) is 2.60. The molecule has 0 amide bonds. The van der Waals surface area contributed by atoms with E-state index < -0.39 is 5.92 Å². The van der Waals surface area contributed by atoms with Crippen molar-refractivity contribution in [3.8, 4) is 6.07 Å². The number of hydrogen-bond donors (Lipinski definition) is 0. The molecule has 1 unspecified atom stereocenters. The second kappa shape index (κ2) is 4.19. The van der Waals surface area contributed by atoms with Crippen LogP contribution in [0, 0.1) is 18.3 Å². The van der Waals surface area contributed by atoms with Crippen LogP contribution in [0.2, 0.25) is 0 Å². The standard InChI is InChI=1S/C13H11NO2/c1-9-2-4-10(5-3-9)12(8-14)11-6-7-16-13(11)15/h2-6,12H,7H2,1H3. The number of nitrogens with zero attached hydrogens (tertiary/aromatic N) is 1. The molecule has 1 heterocycles. The first kappa shape index (κ1) is 10.4. The molecule has 0 aromatic heterocycles. The molecule has 3 nitrogen and oxygen atoms in total. The first-order chi connectivity index (χ1) is 7.72. The molecular formula is C13H11NO2. The molecule has 0 saturated carbocycles. The molecule has 1 atom stereocenters. The normalized spacial score (nSPS) is 16.2. The van der Waals surface area contributed by atoms with Gasteiger partial charge >= 0.3 is 5.97 Å². The molecular weight excluding hydrogens is 202 g/mol. The topological polar surface area (TPSA) is 50.1 Å². The van der Waals surface area contributed by atoms with Gasteiger partial charge in [0.25, 0.3) is 0 Å². The minimum absolute atomic E-state index is 0.276. The SMILES string of the molecule is Cc1ccc(C(C#N)C2=CCOC2=O)cc1. The van der Waals surface area contributed by atoms with Crippen molar-refractivity contribution in [2.75, 3.05) is 6.61 Å². The van der Waals surface area contributed by atoms with Crippen molar-refractivity contribution in [2.24, 2.45) is 0 Å². The lowest BCUT2D eigenvalue weighted by molar-refractivity contribution is -0.136. The molecule has 1 aliphatic rings. The molecule has 0 N–H and O–H groups in total. The average Bonchev–Trinajstić information content (AvgIpc) is 2.69. The van der Waals surface area contributed by atoms with Gasteiger partial charge in [-0.05, 0) is 18.6 Å². The summed E-state index contributed by atoms with van der Waals surface area (Å²) in [5.41, 5.74) is 2.41. The lowest BCUT2D eigenvalue weighted by Crippen LogP contribution is -2.08. The monoisotopic (exact) mass is 213 g/mol. The third-order valence-corrected chi connectivity index (χ3v) is 2.60. The van der Waals surface area contributed by atoms with Gasteiger partial charge in [-0.15, -0.1) is 0 Å². The average molecular weight is 213 g/mol. The second-order valence-corrected chi connectivity index (χ2v) is 3.73. The molecule has 3 heteroatoms. The van der Waals surface area contributed by atoms with Gasteiger partial charge < -0.3 is 4.74 Å². The molecule has 0 radical (unpaired) electrons. The van der Waals surface area contributed by atoms with Crippen molar-refractivity contribution in [1.82, 2.24) is 0 Å². The van der Waals surface area contributed by atoms with E-state index in [1.54, 1.807) is 6.08 Å². The zero-order valence-corrected chi connectivity index (χ0v) is 8.93. The van der Waals surface area contributed by atoms with Crippen LogP contribution in [-0.2, 0) is 9.53 Å². The van der Waals surface area contributed by atoms with Crippen LogP contribution in [0.25, 0.3) is 0 Å². The molecule has 1 aromatic carbocycles. The van der Waals surface area contributed by atoms with Gasteiger partial charge in [-0.2, -0.15) is 5.26 Å². The van der Waals surface area contributed by atoms with Crippen molar-refractivity contribution in [2.45, 2.75) is 12.8 Å². The Morgan fingerprint density at radius 2 is 2.06 bits per heavy atom. The maximum absolute atomic E-state index is 11.4. The smallest absolute Gasteiger partial charge is 0.335 e. The first-order valence-corrected chi connectivity index (χ1v) is 5.05. The van der Waals surface area contributed by atoms with Crippen molar-refractivity contribution in [3.63, 3.8) is 0 Å². The Hall–Kier alpha value is -2.08. The number of ether oxygens (including phenoxy) is 1. The molecule has 16 heavy (non-hydrogen) atoms. The molecule has 80 valence electrons. The fourth-order valence-electron chi connectivity index (χ4n) is 1.69. The molecule has 0 fully saturated rings. The van der Waals surface area contributed by atoms with Crippen molar-refractivity contribution in [1.29, 1.82) is 5.26 Å². The summed E-state index contributed by atoms with van der Waals surface area (Å²) in [7, 11) is 0. The number of cyclic esters (lactones) is 1. The molecule has 0 aliphatic carbocycles. The number of nitriles is 1. The van der Waals surface area contributed by atoms with Crippen molar-refractivity contribution >= 4 is 5.97 Å². The Labute approximate surface area is 94.0 Å². The summed E-state index contributed by atoms with van der Waals surface area (Å²) in [5.74, 6) is -0.900. The van der Waals surface area contributed by atoms with Crippen LogP contribution in [0.5, 0.6) is 0 Å². The van der Waals surface area contributed by atoms with Gasteiger partial charge in [-0.1, -0.05) is 29.8 Å². The lowest BCUT2D eigenvalue weighted by Gasteiger charge is -2.08. The Bertz CT molecular complexity index is 480. The number of esters is 1. The van der Waals surface area contributed by atoms with Gasteiger partial charge in [0.05, 0.1) is 11.6 Å². The number of carbonyl (C=O) groups is 1. The van der Waals surface area contributed by atoms with Gasteiger partial charge in [0.15, 0.2) is 0 Å². The van der Waals surface area contributed by atoms with Gasteiger partial charge in [0.1, 0.15) is 12.5 Å². The Morgan fingerprint density at radius 3 is 2.56 bits per heavy atom. The highest BCUT2D eigenvalue weighted by Crippen LogP contribution is 2.27. The predicted molar refractivity (Wildman–Crippen MR) is 58.6 cm³/mol. The van der Waals surface area contributed by atoms with E-state index in [9.17, 15) is 4.79 Å². The number of carbonyl (C=O) groups excluding carboxylic acids is 1. The van der Waals surface area contributed by atoms with Gasteiger partial charge in [-0.25, -0.2) is 4.79 Å². The highest BCUT2D eigenvalue weighted by Gasteiger charge is 2.26. The van der Waals surface area contributed by atoms with E-state index in [2.05, 4.69) is 6.07 Å². The summed E-state index contributed by atoms with van der Waals surface area (Å²) in [6.45, 7) is 2.26. The fraction of sp³-hybridized carbons (Fsp3) is 0.231. The summed E-state index contributed by atoms with van der Waals surface area (Å²) >= 11 is 0. The summed E-state index contributed by atoms with van der Waals surface area (Å²) < 4.78 is 4.81. The van der Waals surface area contributed by atoms with E-state index in [0.717, 1.165) is 11.1 Å². The third kappa shape index (κ3) is 1.82. The van der Waals surface area contributed by atoms with Gasteiger partial charge in [0, 0.05) is 0 Å². The molecule has 1 aliphatic heterocycles. The molecule has 1 aromatic rings. The number of rotatable bonds is 2. The van der Waals surface area contributed by atoms with Crippen LogP contribution in [-0.4, -0.2) is 12.6 Å². The number of aryl methyl sites for hydroxylation is 1. The van der Waals surface area contributed by atoms with Crippen LogP contribution in [0.1, 0.15) is 17.0 Å². The van der Waals surface area contributed by atoms with Crippen LogP contribution >= 0.6 is 0 Å². The summed E-state index contributed by atoms with van der Waals surface area (Å²) in [6, 6.07) is 9.74. The van der Waals surface area contributed by atoms with Crippen LogP contribution < -0.4 is 0 Å². The van der Waals surface area contributed by atoms with Crippen LogP contribution in [0.15, 0.2) is 35.9 Å². The maximum atomic E-state index is 11.4. The van der Waals surface area contributed by atoms with Crippen molar-refractivity contribution < 1.29 is 9.53 Å². The summed E-state index contributed by atoms with van der Waals surface area (Å²) in [4.78, 5) is 11.4. The minimum atomic E-state index is -0.518. The largest absolute Gasteiger partial charge is 0.458 e. The molecule has 0 bridgehead atoms. The maximum Gasteiger partial charge on any atom is 0.335 e. The first-order valence-electron chi connectivity index (χ1n) is 5.05. The van der Waals surface area contributed by atoms with Crippen molar-refractivity contribution in [3.05, 3.63) is 47.0 Å². The number of hydrogen-bond acceptors (Lipinski definition) is 3. The van der Waals surface area contributed by atoms with Gasteiger partial charge in [-0.3, -0.25) is 0 Å². The molecule has 0 saturated heterocycles. The zero-order chi connectivity index (χ0) is 11.5. The predicted octanol–water partition coefficient (Wildman–Crippen LogP) is 2.09. The Kier molecular flexibility index (Phi) is 2.74. The zero-order valence-electron chi connectivity index (χ0n) is 8.93. The summed E-state index contributed by atoms with van der Waals surface area (Å²) in [6.07, 6.45) is 1.68. The highest BCUT2D eigenvalue weighted by molar-refractivity contribution is 5.92. The van der Waals surface area contributed by atoms with E-state index >= 15 is 0 Å². The van der Waals surface area contributed by atoms with E-state index in [1.165, 1.54) is 0 Å². The summed E-state index contributed by atoms with van der Waals surface area (Å²) in [5, 5.41) is 9.13. The van der Waals surface area contributed by atoms with Gasteiger partial charge in [0.2, 0.25) is 0 Å². The van der Waals surface area contributed by atoms with E-state index in [4.69, 9.17) is 10.00 Å². The highest BCUT2D eigenvalue weighted by atomic mass is 16.5. The molecule has 2 rings (SSSR count).